The largest absolute Gasteiger partial charge is 0.482 e. The highest BCUT2D eigenvalue weighted by Gasteiger charge is 2.33. The maximum Gasteiger partial charge on any atom is 0.418 e. The number of hydrogen-bond acceptors (Lipinski definition) is 5. The van der Waals surface area contributed by atoms with E-state index in [0.29, 0.717) is 40.2 Å². The zero-order valence-corrected chi connectivity index (χ0v) is 21.4. The molecule has 0 radical (unpaired) electrons. The minimum atomic E-state index is -4.54. The predicted octanol–water partition coefficient (Wildman–Crippen LogP) is 7.86. The lowest BCUT2D eigenvalue weighted by Crippen LogP contribution is -2.12. The Morgan fingerprint density at radius 2 is 1.55 bits per heavy atom. The zero-order chi connectivity index (χ0) is 28.1. The minimum Gasteiger partial charge on any atom is -0.482 e. The summed E-state index contributed by atoms with van der Waals surface area (Å²) < 4.78 is 57.5. The molecule has 0 atom stereocenters. The molecule has 202 valence electrons. The van der Waals surface area contributed by atoms with E-state index in [4.69, 9.17) is 9.47 Å². The van der Waals surface area contributed by atoms with Gasteiger partial charge in [0.05, 0.1) is 18.2 Å². The Morgan fingerprint density at radius 3 is 2.27 bits per heavy atom. The van der Waals surface area contributed by atoms with E-state index in [-0.39, 0.29) is 12.1 Å². The van der Waals surface area contributed by atoms with Crippen molar-refractivity contribution in [1.29, 1.82) is 0 Å². The number of nitrogens with zero attached hydrogens (tertiary/aromatic N) is 1. The number of methoxy groups -OCH3 is 1. The quantitative estimate of drug-likeness (QED) is 0.187. The van der Waals surface area contributed by atoms with Crippen molar-refractivity contribution < 1.29 is 32.2 Å². The molecule has 0 amide bonds. The molecule has 5 rings (SSSR count). The van der Waals surface area contributed by atoms with Crippen molar-refractivity contribution in [2.24, 2.45) is 0 Å². The third-order valence-electron chi connectivity index (χ3n) is 6.29. The monoisotopic (exact) mass is 543 g/mol. The van der Waals surface area contributed by atoms with Crippen molar-refractivity contribution >= 4 is 16.9 Å². The number of benzene rings is 4. The predicted molar refractivity (Wildman–Crippen MR) is 145 cm³/mol. The van der Waals surface area contributed by atoms with Crippen LogP contribution in [-0.2, 0) is 22.1 Å². The molecular weight excluding hydrogens is 519 g/mol. The number of alkyl halides is 3. The van der Waals surface area contributed by atoms with Crippen LogP contribution >= 0.6 is 0 Å². The minimum absolute atomic E-state index is 0.101. The maximum atomic E-state index is 13.8. The molecule has 0 aliphatic heterocycles. The highest BCUT2D eigenvalue weighted by atomic mass is 19.4. The lowest BCUT2D eigenvalue weighted by molar-refractivity contribution is -0.143. The van der Waals surface area contributed by atoms with Gasteiger partial charge in [-0.25, -0.2) is 4.79 Å². The second-order valence-electron chi connectivity index (χ2n) is 8.99. The molecule has 0 aliphatic rings. The van der Waals surface area contributed by atoms with Crippen molar-refractivity contribution in [1.82, 2.24) is 4.98 Å². The highest BCUT2D eigenvalue weighted by molar-refractivity contribution is 5.98. The van der Waals surface area contributed by atoms with E-state index in [1.165, 1.54) is 19.4 Å². The first-order valence-corrected chi connectivity index (χ1v) is 12.4. The van der Waals surface area contributed by atoms with E-state index >= 15 is 0 Å². The van der Waals surface area contributed by atoms with Gasteiger partial charge in [-0.1, -0.05) is 54.6 Å². The third-order valence-corrected chi connectivity index (χ3v) is 6.29. The molecule has 4 aromatic carbocycles. The Bertz CT molecular complexity index is 1630. The van der Waals surface area contributed by atoms with Crippen LogP contribution in [0.4, 0.5) is 13.2 Å². The summed E-state index contributed by atoms with van der Waals surface area (Å²) in [6.45, 7) is -0.208. The number of ether oxygens (including phenoxy) is 3. The van der Waals surface area contributed by atoms with Crippen LogP contribution in [0.15, 0.2) is 103 Å². The van der Waals surface area contributed by atoms with E-state index in [1.54, 1.807) is 48.5 Å². The van der Waals surface area contributed by atoms with Gasteiger partial charge in [-0.3, -0.25) is 4.98 Å². The van der Waals surface area contributed by atoms with Gasteiger partial charge in [-0.05, 0) is 71.1 Å². The molecule has 40 heavy (non-hydrogen) atoms. The van der Waals surface area contributed by atoms with Gasteiger partial charge in [0.15, 0.2) is 6.61 Å². The van der Waals surface area contributed by atoms with Crippen molar-refractivity contribution in [3.05, 3.63) is 120 Å². The molecule has 8 heteroatoms. The van der Waals surface area contributed by atoms with Crippen molar-refractivity contribution in [2.75, 3.05) is 13.7 Å². The van der Waals surface area contributed by atoms with E-state index in [9.17, 15) is 18.0 Å². The average molecular weight is 544 g/mol. The SMILES string of the molecule is COC(=O)COc1ccc(Oc2cccc(-c3c(Cc4ccccc4)cnc4c(C(F)(F)F)cccc34)c2)cc1. The molecule has 5 nitrogen and oxygen atoms in total. The van der Waals surface area contributed by atoms with Crippen LogP contribution < -0.4 is 9.47 Å². The number of aromatic nitrogens is 1. The Kier molecular flexibility index (Phi) is 7.68. The zero-order valence-electron chi connectivity index (χ0n) is 21.4. The van der Waals surface area contributed by atoms with Gasteiger partial charge in [0.25, 0.3) is 0 Å². The molecule has 0 unspecified atom stereocenters. The Labute approximate surface area is 228 Å². The second-order valence-corrected chi connectivity index (χ2v) is 8.99. The normalized spacial score (nSPS) is 11.3. The number of fused-ring (bicyclic) bond motifs is 1. The summed E-state index contributed by atoms with van der Waals surface area (Å²) in [5.74, 6) is 1.00. The molecule has 0 fully saturated rings. The van der Waals surface area contributed by atoms with Gasteiger partial charge >= 0.3 is 12.1 Å². The second kappa shape index (κ2) is 11.5. The number of pyridine rings is 1. The highest BCUT2D eigenvalue weighted by Crippen LogP contribution is 2.40. The number of rotatable bonds is 8. The summed E-state index contributed by atoms with van der Waals surface area (Å²) in [7, 11) is 1.28. The molecule has 0 aliphatic carbocycles. The van der Waals surface area contributed by atoms with Crippen LogP contribution in [0.25, 0.3) is 22.0 Å². The molecule has 0 saturated carbocycles. The van der Waals surface area contributed by atoms with Crippen molar-refractivity contribution in [2.45, 2.75) is 12.6 Å². The van der Waals surface area contributed by atoms with Crippen LogP contribution in [0.5, 0.6) is 17.2 Å². The summed E-state index contributed by atoms with van der Waals surface area (Å²) in [4.78, 5) is 15.6. The lowest BCUT2D eigenvalue weighted by Gasteiger charge is -2.17. The average Bonchev–Trinajstić information content (AvgIpc) is 2.96. The third kappa shape index (κ3) is 6.07. The van der Waals surface area contributed by atoms with Crippen molar-refractivity contribution in [3.63, 3.8) is 0 Å². The molecule has 0 bridgehead atoms. The molecule has 1 heterocycles. The number of para-hydroxylation sites is 1. The van der Waals surface area contributed by atoms with Crippen LogP contribution in [0, 0.1) is 0 Å². The molecule has 5 aromatic rings. The van der Waals surface area contributed by atoms with Crippen LogP contribution in [0.1, 0.15) is 16.7 Å². The van der Waals surface area contributed by atoms with E-state index in [0.717, 1.165) is 17.2 Å². The Balaban J connectivity index is 1.52. The smallest absolute Gasteiger partial charge is 0.418 e. The van der Waals surface area contributed by atoms with Crippen LogP contribution in [0.2, 0.25) is 0 Å². The van der Waals surface area contributed by atoms with Gasteiger partial charge in [0.2, 0.25) is 0 Å². The van der Waals surface area contributed by atoms with Crippen LogP contribution in [-0.4, -0.2) is 24.7 Å². The Hall–Kier alpha value is -4.85. The van der Waals surface area contributed by atoms with Gasteiger partial charge in [-0.15, -0.1) is 0 Å². The summed E-state index contributed by atoms with van der Waals surface area (Å²) in [6, 6.07) is 27.7. The molecule has 1 aromatic heterocycles. The summed E-state index contributed by atoms with van der Waals surface area (Å²) >= 11 is 0. The molecule has 0 saturated heterocycles. The topological polar surface area (TPSA) is 57.7 Å². The fraction of sp³-hybridized carbons (Fsp3) is 0.125. The van der Waals surface area contributed by atoms with E-state index in [1.807, 2.05) is 36.4 Å². The first-order chi connectivity index (χ1) is 19.3. The number of carbonyl (C=O) groups excluding carboxylic acids is 1. The van der Waals surface area contributed by atoms with Crippen LogP contribution in [0.3, 0.4) is 0 Å². The summed E-state index contributed by atoms with van der Waals surface area (Å²) in [6.07, 6.45) is -2.52. The summed E-state index contributed by atoms with van der Waals surface area (Å²) in [5.41, 5.74) is 2.29. The number of esters is 1. The molecule has 0 spiro atoms. The number of halogens is 3. The van der Waals surface area contributed by atoms with Gasteiger partial charge < -0.3 is 14.2 Å². The number of carbonyl (C=O) groups is 1. The van der Waals surface area contributed by atoms with Gasteiger partial charge in [-0.2, -0.15) is 13.2 Å². The Morgan fingerprint density at radius 1 is 0.825 bits per heavy atom. The van der Waals surface area contributed by atoms with E-state index in [2.05, 4.69) is 9.72 Å². The standard InChI is InChI=1S/C32H24F3NO4/c1-38-29(37)20-39-24-13-15-25(16-14-24)40-26-10-5-9-22(18-26)30-23(17-21-7-3-2-4-8-21)19-36-31-27(30)11-6-12-28(31)32(33,34)35/h2-16,18-19H,17,20H2,1H3. The fourth-order valence-electron chi connectivity index (χ4n) is 4.44. The lowest BCUT2D eigenvalue weighted by atomic mass is 9.92. The fourth-order valence-corrected chi connectivity index (χ4v) is 4.44. The molecular formula is C32H24F3NO4. The summed E-state index contributed by atoms with van der Waals surface area (Å²) in [5, 5.41) is 0.410. The van der Waals surface area contributed by atoms with Gasteiger partial charge in [0, 0.05) is 11.6 Å². The van der Waals surface area contributed by atoms with Gasteiger partial charge in [0.1, 0.15) is 17.2 Å². The maximum absolute atomic E-state index is 13.8. The first-order valence-electron chi connectivity index (χ1n) is 12.4. The van der Waals surface area contributed by atoms with Crippen molar-refractivity contribution in [3.8, 4) is 28.4 Å². The van der Waals surface area contributed by atoms with E-state index < -0.39 is 17.7 Å². The number of hydrogen-bond donors (Lipinski definition) is 0. The first kappa shape index (κ1) is 26.7. The molecule has 0 N–H and O–H groups in total.